The van der Waals surface area contributed by atoms with Gasteiger partial charge in [0.25, 0.3) is 0 Å². The fraction of sp³-hybridized carbons (Fsp3) is 0.304. The van der Waals surface area contributed by atoms with Gasteiger partial charge in [-0.05, 0) is 48.7 Å². The molecule has 1 atom stereocenters. The van der Waals surface area contributed by atoms with E-state index in [1.807, 2.05) is 13.0 Å². The van der Waals surface area contributed by atoms with Crippen LogP contribution < -0.4 is 10.5 Å². The Kier molecular flexibility index (Phi) is 5.34. The molecule has 2 heterocycles. The van der Waals surface area contributed by atoms with Crippen LogP contribution in [0.1, 0.15) is 41.4 Å². The van der Waals surface area contributed by atoms with Crippen molar-refractivity contribution in [2.24, 2.45) is 22.6 Å². The van der Waals surface area contributed by atoms with Crippen LogP contribution in [-0.2, 0) is 6.54 Å². The lowest BCUT2D eigenvalue weighted by Crippen LogP contribution is -2.18. The molecule has 1 unspecified atom stereocenters. The molecule has 1 aromatic heterocycles. The smallest absolute Gasteiger partial charge is 0.354 e. The van der Waals surface area contributed by atoms with E-state index in [-0.39, 0.29) is 18.2 Å². The highest BCUT2D eigenvalue weighted by Crippen LogP contribution is 2.36. The Hall–Kier alpha value is -3.50. The number of rotatable bonds is 6. The van der Waals surface area contributed by atoms with Gasteiger partial charge in [0.1, 0.15) is 11.5 Å². The molecule has 30 heavy (non-hydrogen) atoms. The molecule has 4 rings (SSSR count). The number of ether oxygens (including phenoxy) is 1. The third-order valence-electron chi connectivity index (χ3n) is 5.33. The molecule has 2 aliphatic rings. The predicted octanol–water partition coefficient (Wildman–Crippen LogP) is 3.54. The zero-order chi connectivity index (χ0) is 21.3. The SMILES string of the molecule is CC1CN=C(C2CC2)C=C1Oc1cc(C#N)ccc1-c1ccc(CN)c(C(=O)O)n1. The molecule has 1 aliphatic heterocycles. The van der Waals surface area contributed by atoms with Gasteiger partial charge >= 0.3 is 5.97 Å². The lowest BCUT2D eigenvalue weighted by molar-refractivity contribution is 0.0689. The van der Waals surface area contributed by atoms with Crippen molar-refractivity contribution in [3.8, 4) is 23.1 Å². The standard InChI is InChI=1S/C23H22N4O3/c1-13-12-26-19(15-3-4-15)9-20(13)30-21-8-14(10-24)2-6-17(21)18-7-5-16(11-25)22(27-18)23(28)29/h2,5-9,13,15H,3-4,11-12,25H2,1H3,(H,28,29). The highest BCUT2D eigenvalue weighted by atomic mass is 16.5. The minimum Gasteiger partial charge on any atom is -0.477 e. The first-order valence-corrected chi connectivity index (χ1v) is 9.91. The Morgan fingerprint density at radius 2 is 2.13 bits per heavy atom. The second-order valence-electron chi connectivity index (χ2n) is 7.63. The summed E-state index contributed by atoms with van der Waals surface area (Å²) in [6, 6.07) is 10.6. The highest BCUT2D eigenvalue weighted by Gasteiger charge is 2.30. The molecule has 1 fully saturated rings. The van der Waals surface area contributed by atoms with E-state index in [9.17, 15) is 15.2 Å². The van der Waals surface area contributed by atoms with Crippen LogP contribution in [0.3, 0.4) is 0 Å². The number of pyridine rings is 1. The van der Waals surface area contributed by atoms with E-state index in [2.05, 4.69) is 16.0 Å². The van der Waals surface area contributed by atoms with Crippen LogP contribution in [0.15, 0.2) is 47.2 Å². The fourth-order valence-corrected chi connectivity index (χ4v) is 3.42. The summed E-state index contributed by atoms with van der Waals surface area (Å²) in [5.41, 5.74) is 8.60. The number of aromatic carboxylic acids is 1. The van der Waals surface area contributed by atoms with Crippen molar-refractivity contribution >= 4 is 11.7 Å². The molecule has 0 spiro atoms. The average Bonchev–Trinajstić information content (AvgIpc) is 3.60. The molecule has 0 bridgehead atoms. The van der Waals surface area contributed by atoms with Gasteiger partial charge in [0, 0.05) is 36.2 Å². The molecule has 0 amide bonds. The number of carboxylic acids is 1. The van der Waals surface area contributed by atoms with Gasteiger partial charge in [-0.25, -0.2) is 9.78 Å². The molecular formula is C23H22N4O3. The van der Waals surface area contributed by atoms with Crippen LogP contribution in [-0.4, -0.2) is 28.3 Å². The fourth-order valence-electron chi connectivity index (χ4n) is 3.42. The number of dihydropyridines is 1. The summed E-state index contributed by atoms with van der Waals surface area (Å²) in [4.78, 5) is 20.6. The van der Waals surface area contributed by atoms with Crippen LogP contribution in [0.25, 0.3) is 11.3 Å². The number of nitrogens with two attached hydrogens (primary N) is 1. The molecular weight excluding hydrogens is 380 g/mol. The Morgan fingerprint density at radius 3 is 2.80 bits per heavy atom. The van der Waals surface area contributed by atoms with Crippen LogP contribution in [0.2, 0.25) is 0 Å². The zero-order valence-electron chi connectivity index (χ0n) is 16.6. The second-order valence-corrected chi connectivity index (χ2v) is 7.63. The maximum atomic E-state index is 11.6. The van der Waals surface area contributed by atoms with Crippen molar-refractivity contribution in [3.63, 3.8) is 0 Å². The second kappa shape index (κ2) is 8.09. The summed E-state index contributed by atoms with van der Waals surface area (Å²) in [7, 11) is 0. The van der Waals surface area contributed by atoms with Gasteiger partial charge in [-0.2, -0.15) is 5.26 Å². The summed E-state index contributed by atoms with van der Waals surface area (Å²) in [6.45, 7) is 2.79. The lowest BCUT2D eigenvalue weighted by Gasteiger charge is -2.22. The van der Waals surface area contributed by atoms with Gasteiger partial charge in [-0.15, -0.1) is 0 Å². The van der Waals surface area contributed by atoms with E-state index in [1.54, 1.807) is 30.3 Å². The quantitative estimate of drug-likeness (QED) is 0.762. The van der Waals surface area contributed by atoms with E-state index in [1.165, 1.54) is 0 Å². The number of carbonyl (C=O) groups is 1. The molecule has 2 aromatic rings. The van der Waals surface area contributed by atoms with Crippen molar-refractivity contribution < 1.29 is 14.6 Å². The molecule has 7 nitrogen and oxygen atoms in total. The van der Waals surface area contributed by atoms with Crippen LogP contribution >= 0.6 is 0 Å². The zero-order valence-corrected chi connectivity index (χ0v) is 16.6. The molecule has 7 heteroatoms. The van der Waals surface area contributed by atoms with Crippen molar-refractivity contribution in [2.45, 2.75) is 26.3 Å². The van der Waals surface area contributed by atoms with Crippen LogP contribution in [0.4, 0.5) is 0 Å². The summed E-state index contributed by atoms with van der Waals surface area (Å²) < 4.78 is 6.28. The summed E-state index contributed by atoms with van der Waals surface area (Å²) >= 11 is 0. The first-order valence-electron chi connectivity index (χ1n) is 9.91. The Labute approximate surface area is 174 Å². The summed E-state index contributed by atoms with van der Waals surface area (Å²) in [5.74, 6) is 0.744. The van der Waals surface area contributed by atoms with Crippen molar-refractivity contribution in [2.75, 3.05) is 6.54 Å². The van der Waals surface area contributed by atoms with Crippen LogP contribution in [0, 0.1) is 23.2 Å². The largest absolute Gasteiger partial charge is 0.477 e. The van der Waals surface area contributed by atoms with Crippen molar-refractivity contribution in [1.82, 2.24) is 4.98 Å². The third-order valence-corrected chi connectivity index (χ3v) is 5.33. The minimum atomic E-state index is -1.14. The van der Waals surface area contributed by atoms with Gasteiger partial charge in [0.05, 0.1) is 17.3 Å². The molecule has 1 aromatic carbocycles. The van der Waals surface area contributed by atoms with Crippen molar-refractivity contribution in [1.29, 1.82) is 5.26 Å². The van der Waals surface area contributed by atoms with Crippen molar-refractivity contribution in [3.05, 3.63) is 59.0 Å². The lowest BCUT2D eigenvalue weighted by atomic mass is 10.0. The van der Waals surface area contributed by atoms with Gasteiger partial charge < -0.3 is 15.6 Å². The number of aliphatic imine (C=N–C) groups is 1. The molecule has 1 aliphatic carbocycles. The molecule has 0 saturated heterocycles. The summed E-state index contributed by atoms with van der Waals surface area (Å²) in [5, 5.41) is 18.8. The van der Waals surface area contributed by atoms with E-state index < -0.39 is 5.97 Å². The number of allylic oxidation sites excluding steroid dienone is 1. The predicted molar refractivity (Wildman–Crippen MR) is 112 cm³/mol. The normalized spacial score (nSPS) is 18.2. The number of nitriles is 1. The third kappa shape index (κ3) is 3.95. The Balaban J connectivity index is 1.76. The number of benzene rings is 1. The number of hydrogen-bond acceptors (Lipinski definition) is 6. The van der Waals surface area contributed by atoms with Crippen LogP contribution in [0.5, 0.6) is 5.75 Å². The minimum absolute atomic E-state index is 0.0827. The Bertz CT molecular complexity index is 1110. The molecule has 0 radical (unpaired) electrons. The van der Waals surface area contributed by atoms with E-state index >= 15 is 0 Å². The van der Waals surface area contributed by atoms with Gasteiger partial charge in [-0.1, -0.05) is 13.0 Å². The number of nitrogens with zero attached hydrogens (tertiary/aromatic N) is 3. The Morgan fingerprint density at radius 1 is 1.33 bits per heavy atom. The molecule has 3 N–H and O–H groups in total. The van der Waals surface area contributed by atoms with Gasteiger partial charge in [0.15, 0.2) is 5.69 Å². The van der Waals surface area contributed by atoms with Gasteiger partial charge in [-0.3, -0.25) is 4.99 Å². The first kappa shape index (κ1) is 19.8. The molecule has 152 valence electrons. The summed E-state index contributed by atoms with van der Waals surface area (Å²) in [6.07, 6.45) is 4.31. The maximum absolute atomic E-state index is 11.6. The number of hydrogen-bond donors (Lipinski definition) is 2. The molecule has 1 saturated carbocycles. The van der Waals surface area contributed by atoms with E-state index in [4.69, 9.17) is 10.5 Å². The first-order chi connectivity index (χ1) is 14.5. The number of aromatic nitrogens is 1. The average molecular weight is 402 g/mol. The van der Waals surface area contributed by atoms with Gasteiger partial charge in [0.2, 0.25) is 0 Å². The highest BCUT2D eigenvalue weighted by molar-refractivity contribution is 5.99. The maximum Gasteiger partial charge on any atom is 0.354 e. The number of carboxylic acid groups (broad SMARTS) is 1. The van der Waals surface area contributed by atoms with E-state index in [0.717, 1.165) is 24.3 Å². The monoisotopic (exact) mass is 402 g/mol. The van der Waals surface area contributed by atoms with E-state index in [0.29, 0.717) is 40.6 Å². The topological polar surface area (TPSA) is 122 Å².